The summed E-state index contributed by atoms with van der Waals surface area (Å²) in [5, 5.41) is 0. The van der Waals surface area contributed by atoms with Gasteiger partial charge in [-0.25, -0.2) is 0 Å². The van der Waals surface area contributed by atoms with Crippen LogP contribution in [-0.2, 0) is 12.8 Å². The van der Waals surface area contributed by atoms with Gasteiger partial charge in [0, 0.05) is 0 Å². The molecule has 2 fully saturated rings. The Balaban J connectivity index is 0.000000117. The van der Waals surface area contributed by atoms with Crippen molar-refractivity contribution in [1.29, 1.82) is 0 Å². The quantitative estimate of drug-likeness (QED) is 0.571. The minimum atomic E-state index is 1.16. The molecule has 0 N–H and O–H groups in total. The second-order valence-electron chi connectivity index (χ2n) is 6.71. The topological polar surface area (TPSA) is 0 Å². The molecular formula is C19H28. The van der Waals surface area contributed by atoms with Crippen LogP contribution in [0.25, 0.3) is 0 Å². The van der Waals surface area contributed by atoms with Gasteiger partial charge >= 0.3 is 0 Å². The molecule has 1 aromatic carbocycles. The number of aryl methyl sites for hydroxylation is 2. The van der Waals surface area contributed by atoms with E-state index in [-0.39, 0.29) is 0 Å². The van der Waals surface area contributed by atoms with Crippen LogP contribution < -0.4 is 0 Å². The van der Waals surface area contributed by atoms with Crippen LogP contribution in [0.15, 0.2) is 24.3 Å². The molecule has 0 aromatic heterocycles. The fourth-order valence-corrected chi connectivity index (χ4v) is 4.37. The summed E-state index contributed by atoms with van der Waals surface area (Å²) in [6.45, 7) is 0. The highest BCUT2D eigenvalue weighted by Crippen LogP contribution is 2.39. The van der Waals surface area contributed by atoms with Gasteiger partial charge in [0.1, 0.15) is 0 Å². The van der Waals surface area contributed by atoms with Crippen LogP contribution in [0.4, 0.5) is 0 Å². The number of fused-ring (bicyclic) bond motifs is 2. The lowest BCUT2D eigenvalue weighted by atomic mass is 9.71. The summed E-state index contributed by atoms with van der Waals surface area (Å²) in [6, 6.07) is 8.74. The lowest BCUT2D eigenvalue weighted by molar-refractivity contribution is 0.171. The summed E-state index contributed by atoms with van der Waals surface area (Å²) in [6.07, 6.45) is 16.3. The van der Waals surface area contributed by atoms with Crippen molar-refractivity contribution < 1.29 is 0 Å². The van der Waals surface area contributed by atoms with Gasteiger partial charge < -0.3 is 0 Å². The van der Waals surface area contributed by atoms with Crippen molar-refractivity contribution in [3.8, 4) is 0 Å². The standard InChI is InChI=1S/C10H18.C9H10/c1-2-6-10-8-4-3-7-9(10)5-1;1-2-5-9-7-3-6-8(9)4-1/h9-10H,1-8H2;1-2,4-5H,3,6-7H2. The van der Waals surface area contributed by atoms with E-state index in [0.717, 1.165) is 11.8 Å². The minimum Gasteiger partial charge on any atom is -0.0620 e. The highest BCUT2D eigenvalue weighted by Gasteiger charge is 2.26. The lowest BCUT2D eigenvalue weighted by Gasteiger charge is -2.35. The molecule has 0 spiro atoms. The highest BCUT2D eigenvalue weighted by atomic mass is 14.3. The Labute approximate surface area is 118 Å². The normalized spacial score (nSPS) is 28.8. The molecule has 19 heavy (non-hydrogen) atoms. The maximum absolute atomic E-state index is 2.24. The molecule has 1 aromatic rings. The van der Waals surface area contributed by atoms with Gasteiger partial charge in [-0.2, -0.15) is 0 Å². The van der Waals surface area contributed by atoms with Gasteiger partial charge in [0.2, 0.25) is 0 Å². The SMILES string of the molecule is C1CCC2CCCCC2C1.c1ccc2c(c1)CCC2. The van der Waals surface area contributed by atoms with E-state index >= 15 is 0 Å². The fourth-order valence-electron chi connectivity index (χ4n) is 4.37. The van der Waals surface area contributed by atoms with E-state index in [1.165, 1.54) is 44.9 Å². The molecule has 0 bridgehead atoms. The van der Waals surface area contributed by atoms with E-state index in [2.05, 4.69) is 24.3 Å². The molecule has 104 valence electrons. The first-order valence-corrected chi connectivity index (χ1v) is 8.50. The van der Waals surface area contributed by atoms with Crippen molar-refractivity contribution in [2.75, 3.05) is 0 Å². The van der Waals surface area contributed by atoms with Crippen molar-refractivity contribution in [2.45, 2.75) is 70.6 Å². The molecule has 0 heterocycles. The van der Waals surface area contributed by atoms with Crippen LogP contribution in [0, 0.1) is 11.8 Å². The molecule has 2 saturated carbocycles. The average molecular weight is 256 g/mol. The predicted octanol–water partition coefficient (Wildman–Crippen LogP) is 5.54. The third-order valence-corrected chi connectivity index (χ3v) is 5.48. The molecular weight excluding hydrogens is 228 g/mol. The van der Waals surface area contributed by atoms with E-state index in [9.17, 15) is 0 Å². The summed E-state index contributed by atoms with van der Waals surface area (Å²) in [5.41, 5.74) is 3.13. The lowest BCUT2D eigenvalue weighted by Crippen LogP contribution is -2.22. The van der Waals surface area contributed by atoms with Gasteiger partial charge in [0.15, 0.2) is 0 Å². The van der Waals surface area contributed by atoms with Gasteiger partial charge in [-0.3, -0.25) is 0 Å². The number of hydrogen-bond acceptors (Lipinski definition) is 0. The van der Waals surface area contributed by atoms with E-state index < -0.39 is 0 Å². The summed E-state index contributed by atoms with van der Waals surface area (Å²) < 4.78 is 0. The third-order valence-electron chi connectivity index (χ3n) is 5.48. The van der Waals surface area contributed by atoms with E-state index in [1.54, 1.807) is 36.8 Å². The van der Waals surface area contributed by atoms with E-state index in [0.29, 0.717) is 0 Å². The Kier molecular flexibility index (Phi) is 4.58. The van der Waals surface area contributed by atoms with Crippen LogP contribution in [0.5, 0.6) is 0 Å². The molecule has 0 unspecified atom stereocenters. The summed E-state index contributed by atoms with van der Waals surface area (Å²) in [7, 11) is 0. The number of hydrogen-bond donors (Lipinski definition) is 0. The zero-order chi connectivity index (χ0) is 12.9. The summed E-state index contributed by atoms with van der Waals surface area (Å²) in [5.74, 6) is 2.31. The Morgan fingerprint density at radius 3 is 1.42 bits per heavy atom. The van der Waals surface area contributed by atoms with Gasteiger partial charge in [-0.15, -0.1) is 0 Å². The monoisotopic (exact) mass is 256 g/mol. The zero-order valence-corrected chi connectivity index (χ0v) is 12.2. The Morgan fingerprint density at radius 2 is 1.00 bits per heavy atom. The van der Waals surface area contributed by atoms with Crippen molar-refractivity contribution in [1.82, 2.24) is 0 Å². The molecule has 0 nitrogen and oxygen atoms in total. The number of rotatable bonds is 0. The van der Waals surface area contributed by atoms with Gasteiger partial charge in [-0.1, -0.05) is 75.6 Å². The fraction of sp³-hybridized carbons (Fsp3) is 0.684. The van der Waals surface area contributed by atoms with Crippen LogP contribution in [0.2, 0.25) is 0 Å². The molecule has 0 amide bonds. The molecule has 4 rings (SSSR count). The van der Waals surface area contributed by atoms with Crippen LogP contribution in [0.1, 0.15) is 68.9 Å². The highest BCUT2D eigenvalue weighted by molar-refractivity contribution is 5.30. The molecule has 3 aliphatic rings. The minimum absolute atomic E-state index is 1.16. The first-order valence-electron chi connectivity index (χ1n) is 8.50. The third kappa shape index (κ3) is 3.41. The second kappa shape index (κ2) is 6.59. The Morgan fingerprint density at radius 1 is 0.579 bits per heavy atom. The van der Waals surface area contributed by atoms with Crippen molar-refractivity contribution in [2.24, 2.45) is 11.8 Å². The smallest absolute Gasteiger partial charge is 0.0273 e. The van der Waals surface area contributed by atoms with Gasteiger partial charge in [-0.05, 0) is 42.2 Å². The van der Waals surface area contributed by atoms with Crippen LogP contribution in [0.3, 0.4) is 0 Å². The molecule has 0 aliphatic heterocycles. The molecule has 0 saturated heterocycles. The molecule has 3 aliphatic carbocycles. The van der Waals surface area contributed by atoms with Crippen molar-refractivity contribution in [3.05, 3.63) is 35.4 Å². The maximum Gasteiger partial charge on any atom is -0.0273 e. The first kappa shape index (κ1) is 13.2. The molecule has 0 radical (unpaired) electrons. The van der Waals surface area contributed by atoms with Crippen molar-refractivity contribution in [3.63, 3.8) is 0 Å². The van der Waals surface area contributed by atoms with E-state index in [4.69, 9.17) is 0 Å². The van der Waals surface area contributed by atoms with Crippen molar-refractivity contribution >= 4 is 0 Å². The Hall–Kier alpha value is -0.780. The Bertz CT molecular complexity index is 344. The summed E-state index contributed by atoms with van der Waals surface area (Å²) in [4.78, 5) is 0. The zero-order valence-electron chi connectivity index (χ0n) is 12.2. The average Bonchev–Trinajstić information content (AvgIpc) is 2.96. The maximum atomic E-state index is 2.24. The second-order valence-corrected chi connectivity index (χ2v) is 6.71. The van der Waals surface area contributed by atoms with Crippen LogP contribution >= 0.6 is 0 Å². The largest absolute Gasteiger partial charge is 0.0620 e. The molecule has 0 atom stereocenters. The van der Waals surface area contributed by atoms with Gasteiger partial charge in [0.05, 0.1) is 0 Å². The first-order chi connectivity index (χ1) is 9.43. The van der Waals surface area contributed by atoms with Gasteiger partial charge in [0.25, 0.3) is 0 Å². The predicted molar refractivity (Wildman–Crippen MR) is 82.4 cm³/mol. The number of benzene rings is 1. The molecule has 0 heteroatoms. The van der Waals surface area contributed by atoms with Crippen LogP contribution in [-0.4, -0.2) is 0 Å². The van der Waals surface area contributed by atoms with E-state index in [1.807, 2.05) is 0 Å². The summed E-state index contributed by atoms with van der Waals surface area (Å²) >= 11 is 0.